The van der Waals surface area contributed by atoms with Gasteiger partial charge in [-0.3, -0.25) is 4.98 Å². The second-order valence-electron chi connectivity index (χ2n) is 4.78. The lowest BCUT2D eigenvalue weighted by Crippen LogP contribution is -2.45. The van der Waals surface area contributed by atoms with E-state index in [4.69, 9.17) is 4.74 Å². The van der Waals surface area contributed by atoms with Crippen molar-refractivity contribution in [1.29, 1.82) is 0 Å². The van der Waals surface area contributed by atoms with Gasteiger partial charge in [0, 0.05) is 13.1 Å². The van der Waals surface area contributed by atoms with Gasteiger partial charge in [0.05, 0.1) is 35.9 Å². The van der Waals surface area contributed by atoms with Crippen LogP contribution in [0.1, 0.15) is 32.6 Å². The van der Waals surface area contributed by atoms with E-state index in [0.29, 0.717) is 5.69 Å². The Balaban J connectivity index is 2.11. The molecule has 0 radical (unpaired) electrons. The van der Waals surface area contributed by atoms with Crippen LogP contribution in [0.4, 0.5) is 5.69 Å². The number of nitrogens with zero attached hydrogens (tertiary/aromatic N) is 2. The summed E-state index contributed by atoms with van der Waals surface area (Å²) < 4.78 is 5.70. The number of aliphatic hydroxyl groups excluding tert-OH is 1. The maximum Gasteiger partial charge on any atom is 0.0931 e. The van der Waals surface area contributed by atoms with Crippen molar-refractivity contribution in [3.8, 4) is 0 Å². The zero-order chi connectivity index (χ0) is 12.4. The average molecular weight is 236 g/mol. The molecule has 1 saturated heterocycles. The van der Waals surface area contributed by atoms with E-state index in [1.807, 2.05) is 18.3 Å². The second kappa shape index (κ2) is 5.02. The van der Waals surface area contributed by atoms with Gasteiger partial charge in [-0.2, -0.15) is 0 Å². The fraction of sp³-hybridized carbons (Fsp3) is 0.615. The molecule has 0 aromatic carbocycles. The van der Waals surface area contributed by atoms with Crippen molar-refractivity contribution in [2.75, 3.05) is 18.0 Å². The lowest BCUT2D eigenvalue weighted by molar-refractivity contribution is -0.00524. The van der Waals surface area contributed by atoms with Crippen molar-refractivity contribution in [2.45, 2.75) is 39.1 Å². The molecule has 2 heterocycles. The van der Waals surface area contributed by atoms with Crippen LogP contribution < -0.4 is 4.90 Å². The van der Waals surface area contributed by atoms with E-state index in [0.717, 1.165) is 18.8 Å². The molecular weight excluding hydrogens is 216 g/mol. The Kier molecular flexibility index (Phi) is 3.64. The molecule has 1 N–H and O–H groups in total. The number of rotatable bonds is 2. The molecule has 2 rings (SSSR count). The zero-order valence-electron chi connectivity index (χ0n) is 10.6. The van der Waals surface area contributed by atoms with Gasteiger partial charge >= 0.3 is 0 Å². The summed E-state index contributed by atoms with van der Waals surface area (Å²) in [5.41, 5.74) is 1.81. The Labute approximate surface area is 102 Å². The molecule has 1 aromatic rings. The van der Waals surface area contributed by atoms with Gasteiger partial charge in [0.1, 0.15) is 0 Å². The highest BCUT2D eigenvalue weighted by atomic mass is 16.5. The van der Waals surface area contributed by atoms with Gasteiger partial charge < -0.3 is 14.7 Å². The van der Waals surface area contributed by atoms with E-state index >= 15 is 0 Å². The van der Waals surface area contributed by atoms with Crippen LogP contribution in [0.2, 0.25) is 0 Å². The summed E-state index contributed by atoms with van der Waals surface area (Å²) in [6.07, 6.45) is 1.81. The van der Waals surface area contributed by atoms with Gasteiger partial charge in [-0.25, -0.2) is 0 Å². The maximum absolute atomic E-state index is 9.41. The molecule has 3 atom stereocenters. The summed E-state index contributed by atoms with van der Waals surface area (Å²) in [4.78, 5) is 6.55. The monoisotopic (exact) mass is 236 g/mol. The molecule has 1 aliphatic heterocycles. The number of hydrogen-bond donors (Lipinski definition) is 1. The Hall–Kier alpha value is -1.13. The standard InChI is InChI=1S/C13H20N2O2/c1-9-7-15(8-10(2)17-9)12-4-5-13(11(3)16)14-6-12/h4-6,9-11,16H,7-8H2,1-3H3/t9-,10+,11-/m0/s1. The summed E-state index contributed by atoms with van der Waals surface area (Å²) in [6.45, 7) is 7.67. The van der Waals surface area contributed by atoms with E-state index in [1.165, 1.54) is 0 Å². The number of aliphatic hydroxyl groups is 1. The minimum atomic E-state index is -0.508. The molecule has 0 amide bonds. The third-order valence-corrected chi connectivity index (χ3v) is 2.98. The van der Waals surface area contributed by atoms with E-state index in [2.05, 4.69) is 23.7 Å². The Morgan fingerprint density at radius 3 is 2.47 bits per heavy atom. The lowest BCUT2D eigenvalue weighted by atomic mass is 10.2. The van der Waals surface area contributed by atoms with Crippen LogP contribution in [0, 0.1) is 0 Å². The second-order valence-corrected chi connectivity index (χ2v) is 4.78. The fourth-order valence-electron chi connectivity index (χ4n) is 2.22. The topological polar surface area (TPSA) is 45.6 Å². The highest BCUT2D eigenvalue weighted by Crippen LogP contribution is 2.20. The summed E-state index contributed by atoms with van der Waals surface area (Å²) in [5, 5.41) is 9.41. The lowest BCUT2D eigenvalue weighted by Gasteiger charge is -2.36. The van der Waals surface area contributed by atoms with Gasteiger partial charge in [0.15, 0.2) is 0 Å². The predicted molar refractivity (Wildman–Crippen MR) is 67.1 cm³/mol. The molecular formula is C13H20N2O2. The van der Waals surface area contributed by atoms with Crippen LogP contribution in [-0.2, 0) is 4.74 Å². The first-order valence-corrected chi connectivity index (χ1v) is 6.10. The van der Waals surface area contributed by atoms with Gasteiger partial charge in [0.25, 0.3) is 0 Å². The molecule has 4 heteroatoms. The highest BCUT2D eigenvalue weighted by molar-refractivity contribution is 5.45. The van der Waals surface area contributed by atoms with Crippen molar-refractivity contribution < 1.29 is 9.84 Å². The van der Waals surface area contributed by atoms with Gasteiger partial charge in [-0.15, -0.1) is 0 Å². The molecule has 94 valence electrons. The van der Waals surface area contributed by atoms with Crippen LogP contribution >= 0.6 is 0 Å². The first-order chi connectivity index (χ1) is 8.06. The third-order valence-electron chi connectivity index (χ3n) is 2.98. The van der Waals surface area contributed by atoms with Gasteiger partial charge in [-0.1, -0.05) is 0 Å². The minimum absolute atomic E-state index is 0.246. The molecule has 0 bridgehead atoms. The number of anilines is 1. The van der Waals surface area contributed by atoms with E-state index in [9.17, 15) is 5.11 Å². The molecule has 1 aliphatic rings. The Bertz CT molecular complexity index is 354. The molecule has 4 nitrogen and oxygen atoms in total. The van der Waals surface area contributed by atoms with Crippen LogP contribution in [-0.4, -0.2) is 35.4 Å². The van der Waals surface area contributed by atoms with Gasteiger partial charge in [0.2, 0.25) is 0 Å². The fourth-order valence-corrected chi connectivity index (χ4v) is 2.22. The largest absolute Gasteiger partial charge is 0.387 e. The quantitative estimate of drug-likeness (QED) is 0.849. The SMILES string of the molecule is C[C@@H]1CN(c2ccc([C@H](C)O)nc2)C[C@H](C)O1. The molecule has 0 unspecified atom stereocenters. The molecule has 1 fully saturated rings. The van der Waals surface area contributed by atoms with Crippen LogP contribution in [0.15, 0.2) is 18.3 Å². The Morgan fingerprint density at radius 1 is 1.35 bits per heavy atom. The number of aromatic nitrogens is 1. The third kappa shape index (κ3) is 2.96. The smallest absolute Gasteiger partial charge is 0.0931 e. The summed E-state index contributed by atoms with van der Waals surface area (Å²) >= 11 is 0. The highest BCUT2D eigenvalue weighted by Gasteiger charge is 2.22. The molecule has 1 aromatic heterocycles. The average Bonchev–Trinajstić information content (AvgIpc) is 2.28. The van der Waals surface area contributed by atoms with E-state index < -0.39 is 6.10 Å². The van der Waals surface area contributed by atoms with Crippen molar-refractivity contribution in [3.63, 3.8) is 0 Å². The van der Waals surface area contributed by atoms with Crippen LogP contribution in [0.5, 0.6) is 0 Å². The van der Waals surface area contributed by atoms with Crippen molar-refractivity contribution in [1.82, 2.24) is 4.98 Å². The number of morpholine rings is 1. The van der Waals surface area contributed by atoms with E-state index in [1.54, 1.807) is 6.92 Å². The van der Waals surface area contributed by atoms with Crippen molar-refractivity contribution in [2.24, 2.45) is 0 Å². The Morgan fingerprint density at radius 2 is 2.00 bits per heavy atom. The summed E-state index contributed by atoms with van der Waals surface area (Å²) in [7, 11) is 0. The summed E-state index contributed by atoms with van der Waals surface area (Å²) in [5.74, 6) is 0. The van der Waals surface area contributed by atoms with Crippen molar-refractivity contribution >= 4 is 5.69 Å². The summed E-state index contributed by atoms with van der Waals surface area (Å²) in [6, 6.07) is 3.89. The number of hydrogen-bond acceptors (Lipinski definition) is 4. The maximum atomic E-state index is 9.41. The van der Waals surface area contributed by atoms with Crippen molar-refractivity contribution in [3.05, 3.63) is 24.0 Å². The molecule has 0 aliphatic carbocycles. The first kappa shape index (κ1) is 12.3. The first-order valence-electron chi connectivity index (χ1n) is 6.10. The molecule has 0 saturated carbocycles. The zero-order valence-corrected chi connectivity index (χ0v) is 10.6. The molecule has 0 spiro atoms. The molecule has 17 heavy (non-hydrogen) atoms. The van der Waals surface area contributed by atoms with E-state index in [-0.39, 0.29) is 12.2 Å². The minimum Gasteiger partial charge on any atom is -0.387 e. The number of ether oxygens (including phenoxy) is 1. The van der Waals surface area contributed by atoms with Crippen LogP contribution in [0.25, 0.3) is 0 Å². The normalized spacial score (nSPS) is 26.9. The number of pyridine rings is 1. The van der Waals surface area contributed by atoms with Crippen LogP contribution in [0.3, 0.4) is 0 Å². The predicted octanol–water partition coefficient (Wildman–Crippen LogP) is 1.75. The van der Waals surface area contributed by atoms with Gasteiger partial charge in [-0.05, 0) is 32.9 Å².